The molecule has 0 aliphatic carbocycles. The molecule has 13 heteroatoms. The van der Waals surface area contributed by atoms with Gasteiger partial charge in [0.2, 0.25) is 11.8 Å². The maximum absolute atomic E-state index is 12.2. The van der Waals surface area contributed by atoms with Crippen LogP contribution in [0.4, 0.5) is 22.1 Å². The van der Waals surface area contributed by atoms with E-state index in [2.05, 4.69) is 20.2 Å². The lowest BCUT2D eigenvalue weighted by Gasteiger charge is -2.35. The topological polar surface area (TPSA) is 132 Å². The number of nitrogens with one attached hydrogen (secondary N) is 1. The van der Waals surface area contributed by atoms with E-state index < -0.39 is 10.5 Å². The Bertz CT molecular complexity index is 1310. The molecule has 3 aromatic rings. The fourth-order valence-corrected chi connectivity index (χ4v) is 3.70. The summed E-state index contributed by atoms with van der Waals surface area (Å²) in [4.78, 5) is 35.0. The third-order valence-corrected chi connectivity index (χ3v) is 5.76. The van der Waals surface area contributed by atoms with Crippen molar-refractivity contribution in [3.05, 3.63) is 69.9 Å². The second-order valence-corrected chi connectivity index (χ2v) is 10.1. The summed E-state index contributed by atoms with van der Waals surface area (Å²) in [6, 6.07) is 13.0. The Morgan fingerprint density at radius 1 is 1.10 bits per heavy atom. The number of non-ortho nitro benzene ring substituents is 1. The van der Waals surface area contributed by atoms with E-state index in [0.717, 1.165) is 0 Å². The summed E-state index contributed by atoms with van der Waals surface area (Å²) in [6.07, 6.45) is 1.09. The third-order valence-electron chi connectivity index (χ3n) is 5.50. The first-order chi connectivity index (χ1) is 18.6. The first-order valence-electron chi connectivity index (χ1n) is 12.2. The third kappa shape index (κ3) is 8.16. The van der Waals surface area contributed by atoms with E-state index in [1.165, 1.54) is 24.4 Å². The maximum Gasteiger partial charge on any atom is 0.410 e. The Morgan fingerprint density at radius 3 is 2.49 bits per heavy atom. The number of carbonyl (C=O) groups excluding carboxylic acids is 1. The van der Waals surface area contributed by atoms with Gasteiger partial charge in [-0.1, -0.05) is 17.7 Å². The van der Waals surface area contributed by atoms with Gasteiger partial charge in [0.05, 0.1) is 17.2 Å². The van der Waals surface area contributed by atoms with Crippen molar-refractivity contribution >= 4 is 35.0 Å². The number of anilines is 2. The molecule has 1 amide bonds. The van der Waals surface area contributed by atoms with Crippen molar-refractivity contribution in [3.63, 3.8) is 0 Å². The van der Waals surface area contributed by atoms with Crippen LogP contribution in [0.2, 0.25) is 5.02 Å². The first kappa shape index (κ1) is 27.9. The van der Waals surface area contributed by atoms with Gasteiger partial charge in [-0.05, 0) is 51.1 Å². The molecule has 4 rings (SSSR count). The van der Waals surface area contributed by atoms with E-state index in [-0.39, 0.29) is 34.4 Å². The van der Waals surface area contributed by atoms with Crippen LogP contribution in [0, 0.1) is 10.1 Å². The van der Waals surface area contributed by atoms with Crippen molar-refractivity contribution < 1.29 is 23.9 Å². The highest BCUT2D eigenvalue weighted by atomic mass is 35.5. The van der Waals surface area contributed by atoms with Crippen LogP contribution in [0.1, 0.15) is 20.8 Å². The molecule has 0 unspecified atom stereocenters. The molecule has 206 valence electrons. The fourth-order valence-electron chi connectivity index (χ4n) is 3.57. The number of halogens is 1. The van der Waals surface area contributed by atoms with E-state index in [1.54, 1.807) is 11.0 Å². The number of piperazine rings is 1. The Balaban J connectivity index is 1.28. The van der Waals surface area contributed by atoms with Gasteiger partial charge in [-0.15, -0.1) is 0 Å². The predicted molar refractivity (Wildman–Crippen MR) is 145 cm³/mol. The second-order valence-electron chi connectivity index (χ2n) is 9.71. The highest BCUT2D eigenvalue weighted by molar-refractivity contribution is 6.31. The van der Waals surface area contributed by atoms with Gasteiger partial charge in [0, 0.05) is 37.9 Å². The minimum absolute atomic E-state index is 0.0568. The van der Waals surface area contributed by atoms with Gasteiger partial charge in [0.15, 0.2) is 0 Å². The van der Waals surface area contributed by atoms with Crippen LogP contribution in [0.3, 0.4) is 0 Å². The predicted octanol–water partition coefficient (Wildman–Crippen LogP) is 5.46. The molecule has 1 N–H and O–H groups in total. The number of benzene rings is 2. The van der Waals surface area contributed by atoms with Gasteiger partial charge in [-0.25, -0.2) is 9.78 Å². The molecule has 2 heterocycles. The maximum atomic E-state index is 12.2. The molecular formula is C26H29ClN6O6. The molecule has 1 saturated heterocycles. The summed E-state index contributed by atoms with van der Waals surface area (Å²) in [5.74, 6) is 1.20. The van der Waals surface area contributed by atoms with Crippen LogP contribution in [0.5, 0.6) is 17.4 Å². The number of nitrogens with zero attached hydrogens (tertiary/aromatic N) is 5. The minimum Gasteiger partial charge on any atom is -0.478 e. The highest BCUT2D eigenvalue weighted by Crippen LogP contribution is 2.30. The summed E-state index contributed by atoms with van der Waals surface area (Å²) in [7, 11) is 0. The summed E-state index contributed by atoms with van der Waals surface area (Å²) >= 11 is 6.16. The zero-order chi connectivity index (χ0) is 28.0. The minimum atomic E-state index is -0.512. The van der Waals surface area contributed by atoms with Crippen LogP contribution in [0.15, 0.2) is 54.7 Å². The van der Waals surface area contributed by atoms with Crippen LogP contribution >= 0.6 is 11.6 Å². The lowest BCUT2D eigenvalue weighted by Crippen LogP contribution is -2.50. The van der Waals surface area contributed by atoms with Gasteiger partial charge in [-0.3, -0.25) is 15.0 Å². The van der Waals surface area contributed by atoms with E-state index in [0.29, 0.717) is 44.3 Å². The van der Waals surface area contributed by atoms with E-state index in [4.69, 9.17) is 25.8 Å². The molecule has 39 heavy (non-hydrogen) atoms. The van der Waals surface area contributed by atoms with Crippen LogP contribution in [-0.4, -0.2) is 69.3 Å². The van der Waals surface area contributed by atoms with Crippen molar-refractivity contribution in [1.29, 1.82) is 0 Å². The molecule has 1 aliphatic rings. The zero-order valence-electron chi connectivity index (χ0n) is 21.8. The second kappa shape index (κ2) is 12.1. The molecule has 0 radical (unpaired) electrons. The standard InChI is InChI=1S/C26H29ClN6O6/c1-26(2,3)39-25(34)32-13-11-31(12-14-32)17-37-20-9-7-18(8-10-20)29-24-28-16-22(27)23(30-24)38-21-6-4-5-19(15-21)33(35)36/h4-10,15-16H,11-14,17H2,1-3H3,(H,28,29,30). The molecule has 12 nitrogen and oxygen atoms in total. The molecule has 2 aromatic carbocycles. The summed E-state index contributed by atoms with van der Waals surface area (Å²) < 4.78 is 17.0. The van der Waals surface area contributed by atoms with Gasteiger partial charge >= 0.3 is 6.09 Å². The van der Waals surface area contributed by atoms with E-state index >= 15 is 0 Å². The average Bonchev–Trinajstić information content (AvgIpc) is 2.90. The number of rotatable bonds is 8. The zero-order valence-corrected chi connectivity index (χ0v) is 22.6. The molecule has 1 aliphatic heterocycles. The van der Waals surface area contributed by atoms with Crippen LogP contribution < -0.4 is 14.8 Å². The molecule has 1 aromatic heterocycles. The van der Waals surface area contributed by atoms with Gasteiger partial charge < -0.3 is 24.4 Å². The summed E-state index contributed by atoms with van der Waals surface area (Å²) in [6.45, 7) is 8.49. The largest absolute Gasteiger partial charge is 0.478 e. The smallest absolute Gasteiger partial charge is 0.410 e. The number of nitro benzene ring substituents is 1. The van der Waals surface area contributed by atoms with Crippen molar-refractivity contribution in [2.45, 2.75) is 26.4 Å². The van der Waals surface area contributed by atoms with Crippen LogP contribution in [-0.2, 0) is 4.74 Å². The lowest BCUT2D eigenvalue weighted by atomic mass is 10.2. The number of hydrogen-bond donors (Lipinski definition) is 1. The SMILES string of the molecule is CC(C)(C)OC(=O)N1CCN(COc2ccc(Nc3ncc(Cl)c(Oc4cccc([N+](=O)[O-])c4)n3)cc2)CC1. The number of carbonyl (C=O) groups is 1. The van der Waals surface area contributed by atoms with Crippen LogP contribution in [0.25, 0.3) is 0 Å². The summed E-state index contributed by atoms with van der Waals surface area (Å²) in [5.41, 5.74) is 0.0833. The lowest BCUT2D eigenvalue weighted by molar-refractivity contribution is -0.384. The average molecular weight is 557 g/mol. The molecule has 0 saturated carbocycles. The Kier molecular flexibility index (Phi) is 8.67. The summed E-state index contributed by atoms with van der Waals surface area (Å²) in [5, 5.41) is 14.2. The monoisotopic (exact) mass is 556 g/mol. The number of aromatic nitrogens is 2. The van der Waals surface area contributed by atoms with E-state index in [9.17, 15) is 14.9 Å². The van der Waals surface area contributed by atoms with Crippen molar-refractivity contribution in [2.24, 2.45) is 0 Å². The molecule has 1 fully saturated rings. The van der Waals surface area contributed by atoms with E-state index in [1.807, 2.05) is 45.0 Å². The Hall–Kier alpha value is -4.16. The Morgan fingerprint density at radius 2 is 1.82 bits per heavy atom. The Labute approximate surface area is 230 Å². The normalized spacial score (nSPS) is 14.0. The van der Waals surface area contributed by atoms with Gasteiger partial charge in [-0.2, -0.15) is 4.98 Å². The quantitative estimate of drug-likeness (QED) is 0.281. The molecule has 0 spiro atoms. The highest BCUT2D eigenvalue weighted by Gasteiger charge is 2.26. The van der Waals surface area contributed by atoms with Crippen molar-refractivity contribution in [2.75, 3.05) is 38.2 Å². The number of nitro groups is 1. The fraction of sp³-hybridized carbons (Fsp3) is 0.346. The van der Waals surface area contributed by atoms with Crippen molar-refractivity contribution in [1.82, 2.24) is 19.8 Å². The number of ether oxygens (including phenoxy) is 3. The number of amides is 1. The molecule has 0 atom stereocenters. The van der Waals surface area contributed by atoms with Crippen molar-refractivity contribution in [3.8, 4) is 17.4 Å². The van der Waals surface area contributed by atoms with Gasteiger partial charge in [0.25, 0.3) is 5.69 Å². The number of hydrogen-bond acceptors (Lipinski definition) is 10. The molecular weight excluding hydrogens is 528 g/mol. The first-order valence-corrected chi connectivity index (χ1v) is 12.6. The molecule has 0 bridgehead atoms. The van der Waals surface area contributed by atoms with Gasteiger partial charge in [0.1, 0.15) is 28.9 Å².